The lowest BCUT2D eigenvalue weighted by atomic mass is 10.1. The average Bonchev–Trinajstić information content (AvgIpc) is 2.26. The molecule has 2 N–H and O–H groups in total. The fourth-order valence-electron chi connectivity index (χ4n) is 1.52. The maximum absolute atomic E-state index is 13.4. The SMILES string of the molecule is CCN(CC)C(=O)c1cc(N)c(C)c(F)c1. The second-order valence-corrected chi connectivity index (χ2v) is 3.65. The van der Waals surface area contributed by atoms with Crippen molar-refractivity contribution in [3.8, 4) is 0 Å². The number of nitrogens with two attached hydrogens (primary N) is 1. The van der Waals surface area contributed by atoms with Crippen molar-refractivity contribution in [2.24, 2.45) is 0 Å². The van der Waals surface area contributed by atoms with Crippen LogP contribution in [0.2, 0.25) is 0 Å². The summed E-state index contributed by atoms with van der Waals surface area (Å²) in [4.78, 5) is 13.6. The van der Waals surface area contributed by atoms with Gasteiger partial charge in [0.05, 0.1) is 0 Å². The summed E-state index contributed by atoms with van der Waals surface area (Å²) in [5.74, 6) is -0.619. The van der Waals surface area contributed by atoms with E-state index in [0.29, 0.717) is 29.9 Å². The molecule has 0 radical (unpaired) electrons. The summed E-state index contributed by atoms with van der Waals surface area (Å²) in [6.45, 7) is 6.57. The molecule has 0 saturated heterocycles. The van der Waals surface area contributed by atoms with Gasteiger partial charge in [-0.3, -0.25) is 4.79 Å². The zero-order valence-electron chi connectivity index (χ0n) is 9.88. The summed E-state index contributed by atoms with van der Waals surface area (Å²) in [5, 5.41) is 0. The molecule has 1 amide bonds. The minimum Gasteiger partial charge on any atom is -0.398 e. The van der Waals surface area contributed by atoms with Gasteiger partial charge in [-0.1, -0.05) is 0 Å². The third-order valence-corrected chi connectivity index (χ3v) is 2.68. The van der Waals surface area contributed by atoms with E-state index in [1.807, 2.05) is 13.8 Å². The van der Waals surface area contributed by atoms with Crippen LogP contribution in [-0.4, -0.2) is 23.9 Å². The molecule has 1 aromatic rings. The first kappa shape index (κ1) is 12.5. The predicted molar refractivity (Wildman–Crippen MR) is 62.8 cm³/mol. The Labute approximate surface area is 95.0 Å². The number of carbonyl (C=O) groups excluding carboxylic acids is 1. The Hall–Kier alpha value is -1.58. The van der Waals surface area contributed by atoms with Gasteiger partial charge < -0.3 is 10.6 Å². The standard InChI is InChI=1S/C12H17FN2O/c1-4-15(5-2)12(16)9-6-10(13)8(3)11(14)7-9/h6-7H,4-5,14H2,1-3H3. The van der Waals surface area contributed by atoms with E-state index < -0.39 is 5.82 Å². The molecule has 1 rings (SSSR count). The number of amides is 1. The molecule has 0 aliphatic carbocycles. The Morgan fingerprint density at radius 3 is 2.38 bits per heavy atom. The molecule has 0 bridgehead atoms. The topological polar surface area (TPSA) is 46.3 Å². The van der Waals surface area contributed by atoms with Gasteiger partial charge >= 0.3 is 0 Å². The molecule has 0 spiro atoms. The van der Waals surface area contributed by atoms with Crippen LogP contribution in [0.1, 0.15) is 29.8 Å². The molecular formula is C12H17FN2O. The normalized spacial score (nSPS) is 10.2. The van der Waals surface area contributed by atoms with Gasteiger partial charge in [-0.05, 0) is 32.9 Å². The van der Waals surface area contributed by atoms with Crippen LogP contribution in [0, 0.1) is 12.7 Å². The van der Waals surface area contributed by atoms with Gasteiger partial charge in [0.25, 0.3) is 5.91 Å². The highest BCUT2D eigenvalue weighted by Crippen LogP contribution is 2.18. The number of anilines is 1. The zero-order valence-corrected chi connectivity index (χ0v) is 9.88. The number of halogens is 1. The van der Waals surface area contributed by atoms with E-state index in [1.54, 1.807) is 11.8 Å². The lowest BCUT2D eigenvalue weighted by Crippen LogP contribution is -2.30. The van der Waals surface area contributed by atoms with E-state index in [9.17, 15) is 9.18 Å². The number of hydrogen-bond acceptors (Lipinski definition) is 2. The van der Waals surface area contributed by atoms with E-state index in [1.165, 1.54) is 12.1 Å². The van der Waals surface area contributed by atoms with E-state index in [2.05, 4.69) is 0 Å². The molecule has 0 heterocycles. The Kier molecular flexibility index (Phi) is 3.88. The Balaban J connectivity index is 3.10. The van der Waals surface area contributed by atoms with Crippen molar-refractivity contribution in [3.63, 3.8) is 0 Å². The van der Waals surface area contributed by atoms with Gasteiger partial charge in [0.2, 0.25) is 0 Å². The Morgan fingerprint density at radius 2 is 1.94 bits per heavy atom. The lowest BCUT2D eigenvalue weighted by Gasteiger charge is -2.19. The number of nitrogen functional groups attached to an aromatic ring is 1. The smallest absolute Gasteiger partial charge is 0.254 e. The van der Waals surface area contributed by atoms with Crippen LogP contribution in [-0.2, 0) is 0 Å². The largest absolute Gasteiger partial charge is 0.398 e. The number of hydrogen-bond donors (Lipinski definition) is 1. The minimum absolute atomic E-state index is 0.185. The van der Waals surface area contributed by atoms with Crippen molar-refractivity contribution in [1.29, 1.82) is 0 Å². The molecular weight excluding hydrogens is 207 g/mol. The van der Waals surface area contributed by atoms with E-state index in [4.69, 9.17) is 5.73 Å². The van der Waals surface area contributed by atoms with Crippen LogP contribution in [0.3, 0.4) is 0 Å². The van der Waals surface area contributed by atoms with Crippen molar-refractivity contribution < 1.29 is 9.18 Å². The highest BCUT2D eigenvalue weighted by atomic mass is 19.1. The van der Waals surface area contributed by atoms with Gasteiger partial charge in [0.1, 0.15) is 5.82 Å². The second kappa shape index (κ2) is 4.96. The molecule has 88 valence electrons. The fraction of sp³-hybridized carbons (Fsp3) is 0.417. The summed E-state index contributed by atoms with van der Waals surface area (Å²) < 4.78 is 13.4. The molecule has 0 fully saturated rings. The summed E-state index contributed by atoms with van der Waals surface area (Å²) in [6.07, 6.45) is 0. The highest BCUT2D eigenvalue weighted by molar-refractivity contribution is 5.95. The molecule has 4 heteroatoms. The average molecular weight is 224 g/mol. The summed E-state index contributed by atoms with van der Waals surface area (Å²) in [6, 6.07) is 2.77. The third-order valence-electron chi connectivity index (χ3n) is 2.68. The van der Waals surface area contributed by atoms with Crippen molar-refractivity contribution in [2.75, 3.05) is 18.8 Å². The number of carbonyl (C=O) groups is 1. The predicted octanol–water partition coefficient (Wildman–Crippen LogP) is 2.20. The first-order valence-electron chi connectivity index (χ1n) is 5.36. The summed E-state index contributed by atoms with van der Waals surface area (Å²) in [5.41, 5.74) is 6.64. The molecule has 3 nitrogen and oxygen atoms in total. The maximum Gasteiger partial charge on any atom is 0.254 e. The molecule has 0 unspecified atom stereocenters. The Bertz CT molecular complexity index is 377. The first-order chi connectivity index (χ1) is 7.51. The van der Waals surface area contributed by atoms with Crippen molar-refractivity contribution in [3.05, 3.63) is 29.1 Å². The maximum atomic E-state index is 13.4. The number of nitrogens with zero attached hydrogens (tertiary/aromatic N) is 1. The van der Waals surface area contributed by atoms with Crippen LogP contribution in [0.5, 0.6) is 0 Å². The first-order valence-corrected chi connectivity index (χ1v) is 5.36. The molecule has 0 aliphatic rings. The molecule has 0 aliphatic heterocycles. The summed E-state index contributed by atoms with van der Waals surface area (Å²) >= 11 is 0. The van der Waals surface area contributed by atoms with Gasteiger partial charge in [0.15, 0.2) is 0 Å². The van der Waals surface area contributed by atoms with Gasteiger partial charge in [0, 0.05) is 29.9 Å². The van der Waals surface area contributed by atoms with Gasteiger partial charge in [-0.15, -0.1) is 0 Å². The van der Waals surface area contributed by atoms with E-state index >= 15 is 0 Å². The number of rotatable bonds is 3. The monoisotopic (exact) mass is 224 g/mol. The van der Waals surface area contributed by atoms with E-state index in [0.717, 1.165) is 0 Å². The molecule has 16 heavy (non-hydrogen) atoms. The Morgan fingerprint density at radius 1 is 1.38 bits per heavy atom. The van der Waals surface area contributed by atoms with Crippen molar-refractivity contribution >= 4 is 11.6 Å². The van der Waals surface area contributed by atoms with Crippen LogP contribution in [0.15, 0.2) is 12.1 Å². The van der Waals surface area contributed by atoms with E-state index in [-0.39, 0.29) is 5.91 Å². The highest BCUT2D eigenvalue weighted by Gasteiger charge is 2.15. The van der Waals surface area contributed by atoms with Crippen LogP contribution < -0.4 is 5.73 Å². The lowest BCUT2D eigenvalue weighted by molar-refractivity contribution is 0.0772. The fourth-order valence-corrected chi connectivity index (χ4v) is 1.52. The van der Waals surface area contributed by atoms with Crippen LogP contribution in [0.25, 0.3) is 0 Å². The van der Waals surface area contributed by atoms with Crippen molar-refractivity contribution in [1.82, 2.24) is 4.90 Å². The van der Waals surface area contributed by atoms with Crippen LogP contribution in [0.4, 0.5) is 10.1 Å². The van der Waals surface area contributed by atoms with Gasteiger partial charge in [-0.25, -0.2) is 4.39 Å². The minimum atomic E-state index is -0.435. The van der Waals surface area contributed by atoms with Crippen molar-refractivity contribution in [2.45, 2.75) is 20.8 Å². The van der Waals surface area contributed by atoms with Gasteiger partial charge in [-0.2, -0.15) is 0 Å². The zero-order chi connectivity index (χ0) is 12.3. The van der Waals surface area contributed by atoms with Crippen LogP contribution >= 0.6 is 0 Å². The molecule has 1 aromatic carbocycles. The molecule has 0 atom stereocenters. The second-order valence-electron chi connectivity index (χ2n) is 3.65. The summed E-state index contributed by atoms with van der Waals surface area (Å²) in [7, 11) is 0. The molecule has 0 saturated carbocycles. The molecule has 0 aromatic heterocycles. The third kappa shape index (κ3) is 2.32. The quantitative estimate of drug-likeness (QED) is 0.800. The number of benzene rings is 1.